The van der Waals surface area contributed by atoms with Crippen LogP contribution in [0, 0.1) is 28.5 Å². The fraction of sp³-hybridized carbons (Fsp3) is 0.419. The summed E-state index contributed by atoms with van der Waals surface area (Å²) in [6, 6.07) is 27.4. The van der Waals surface area contributed by atoms with Gasteiger partial charge in [0, 0.05) is 9.37 Å². The van der Waals surface area contributed by atoms with Crippen molar-refractivity contribution in [1.29, 1.82) is 10.5 Å². The summed E-state index contributed by atoms with van der Waals surface area (Å²) in [5, 5.41) is 17.2. The number of hydrogen-bond acceptors (Lipinski definition) is 5. The predicted octanol–water partition coefficient (Wildman–Crippen LogP) is 29.7. The van der Waals surface area contributed by atoms with E-state index < -0.39 is 141 Å². The molecule has 0 radical (unpaired) electrons. The third kappa shape index (κ3) is 35.7. The highest BCUT2D eigenvalue weighted by Crippen LogP contribution is 2.43. The zero-order valence-electron chi connectivity index (χ0n) is 59.7. The molecule has 0 aliphatic carbocycles. The molecule has 0 spiro atoms. The molecule has 6 aromatic carbocycles. The summed E-state index contributed by atoms with van der Waals surface area (Å²) in [6.45, 7) is 24.3. The van der Waals surface area contributed by atoms with E-state index in [1.807, 2.05) is 38.1 Å². The Morgan fingerprint density at radius 3 is 1.03 bits per heavy atom. The third-order valence-corrected chi connectivity index (χ3v) is 15.4. The first-order valence-corrected chi connectivity index (χ1v) is 33.3. The van der Waals surface area contributed by atoms with Crippen LogP contribution in [0.15, 0.2) is 137 Å². The molecule has 0 fully saturated rings. The van der Waals surface area contributed by atoms with E-state index in [1.165, 1.54) is 45.4 Å². The number of nitrogens with zero attached hydrogens (tertiary/aromatic N) is 3. The molecule has 4 nitrogen and oxygen atoms in total. The van der Waals surface area contributed by atoms with E-state index in [2.05, 4.69) is 45.6 Å². The van der Waals surface area contributed by atoms with Gasteiger partial charge in [-0.25, -0.2) is 9.37 Å². The molecule has 0 aliphatic rings. The molecule has 1 aromatic heterocycles. The van der Waals surface area contributed by atoms with Crippen LogP contribution in [0.4, 0.5) is 127 Å². The van der Waals surface area contributed by atoms with Crippen LogP contribution in [0.1, 0.15) is 228 Å². The molecule has 0 N–H and O–H groups in total. The summed E-state index contributed by atoms with van der Waals surface area (Å²) in [5.41, 5.74) is -8.37. The van der Waals surface area contributed by atoms with Crippen molar-refractivity contribution in [2.75, 3.05) is 0 Å². The summed E-state index contributed by atoms with van der Waals surface area (Å²) in [4.78, 5) is 2.16. The molecular weight excluding hydrogens is 1610 g/mol. The van der Waals surface area contributed by atoms with Gasteiger partial charge in [-0.1, -0.05) is 125 Å². The van der Waals surface area contributed by atoms with Crippen LogP contribution in [0.25, 0.3) is 0 Å². The first-order valence-electron chi connectivity index (χ1n) is 31.7. The van der Waals surface area contributed by atoms with Gasteiger partial charge in [-0.2, -0.15) is 133 Å². The summed E-state index contributed by atoms with van der Waals surface area (Å²) >= 11 is 2.54. The van der Waals surface area contributed by atoms with Crippen molar-refractivity contribution in [3.63, 3.8) is 0 Å². The van der Waals surface area contributed by atoms with Gasteiger partial charge in [0.25, 0.3) is 0 Å². The van der Waals surface area contributed by atoms with Gasteiger partial charge in [0.15, 0.2) is 0 Å². The molecular formula is C74H71BrF29N3OS. The number of benzene rings is 6. The molecule has 7 rings (SSSR count). The number of ether oxygens (including phenoxy) is 1. The second-order valence-corrected chi connectivity index (χ2v) is 27.6. The smallest absolute Gasteiger partial charge is 0.428 e. The maximum atomic E-state index is 12.8. The Morgan fingerprint density at radius 1 is 0.349 bits per heavy atom. The van der Waals surface area contributed by atoms with Gasteiger partial charge in [0.2, 0.25) is 0 Å². The largest absolute Gasteiger partial charge is 0.461 e. The lowest BCUT2D eigenvalue weighted by Crippen LogP contribution is -2.33. The average Bonchev–Trinajstić information content (AvgIpc) is 0.822. The lowest BCUT2D eigenvalue weighted by atomic mass is 9.98. The lowest BCUT2D eigenvalue weighted by Gasteiger charge is -2.19. The molecule has 109 heavy (non-hydrogen) atoms. The second-order valence-electron chi connectivity index (χ2n) is 25.6. The predicted molar refractivity (Wildman–Crippen MR) is 357 cm³/mol. The monoisotopic (exact) mass is 1680 g/mol. The van der Waals surface area contributed by atoms with E-state index in [0.717, 1.165) is 60.2 Å². The van der Waals surface area contributed by atoms with Crippen LogP contribution in [0.5, 0.6) is 5.75 Å². The number of alkyl halides is 28. The van der Waals surface area contributed by atoms with Gasteiger partial charge >= 0.3 is 61.3 Å². The quantitative estimate of drug-likeness (QED) is 0.0953. The van der Waals surface area contributed by atoms with E-state index in [0.29, 0.717) is 51.3 Å². The summed E-state index contributed by atoms with van der Waals surface area (Å²) in [5.74, 6) is -2.49. The van der Waals surface area contributed by atoms with Crippen LogP contribution in [0.2, 0.25) is 0 Å². The van der Waals surface area contributed by atoms with Crippen molar-refractivity contribution in [3.05, 3.63) is 227 Å². The SMILES string of the molecule is CC(C)c1cc(Br)cc(C(F)(F)F)c1.CC(C)c1cc(C#N)cc(C(F)(F)F)c1.CC(C)c1cc(C(F)(F)F)nc(C(F)(F)F)c1.CC(C)c1cc(F)cc(C(F)(F)F)c1.CC(C)c1cc(OC(F)(F)C(F)F)cc(C(F)(F)F)c1.CC(C)c1cc(SC(F)(F)F)cc(C(F)(F)F)c1.CC(C)c1cccc(C#N)c1. The number of hydrogen-bond donors (Lipinski definition) is 0. The average molecular weight is 1680 g/mol. The highest BCUT2D eigenvalue weighted by molar-refractivity contribution is 9.10. The van der Waals surface area contributed by atoms with Gasteiger partial charge in [-0.15, -0.1) is 0 Å². The lowest BCUT2D eigenvalue weighted by molar-refractivity contribution is -0.253. The first kappa shape index (κ1) is 99.1. The Labute approximate surface area is 622 Å². The molecule has 0 aliphatic heterocycles. The van der Waals surface area contributed by atoms with Crippen LogP contribution in [0.3, 0.4) is 0 Å². The van der Waals surface area contributed by atoms with E-state index in [9.17, 15) is 127 Å². The van der Waals surface area contributed by atoms with Gasteiger partial charge in [-0.3, -0.25) is 0 Å². The van der Waals surface area contributed by atoms with E-state index in [4.69, 9.17) is 10.5 Å². The van der Waals surface area contributed by atoms with Gasteiger partial charge in [0.1, 0.15) is 23.0 Å². The Bertz CT molecular complexity index is 4010. The Balaban J connectivity index is 0.000000640. The summed E-state index contributed by atoms with van der Waals surface area (Å²) in [6.07, 6.45) is -41.3. The van der Waals surface area contributed by atoms with Crippen molar-refractivity contribution in [2.24, 2.45) is 0 Å². The minimum Gasteiger partial charge on any atom is -0.428 e. The molecule has 1 heterocycles. The molecule has 35 heteroatoms. The highest BCUT2D eigenvalue weighted by atomic mass is 79.9. The number of rotatable bonds is 11. The first-order chi connectivity index (χ1) is 49.1. The number of halogens is 30. The maximum absolute atomic E-state index is 12.8. The number of nitriles is 2. The van der Waals surface area contributed by atoms with Crippen LogP contribution < -0.4 is 4.74 Å². The van der Waals surface area contributed by atoms with Crippen LogP contribution in [-0.4, -0.2) is 23.0 Å². The van der Waals surface area contributed by atoms with Crippen molar-refractivity contribution < 1.29 is 132 Å². The molecule has 0 amide bonds. The second kappa shape index (κ2) is 40.3. The Kier molecular flexibility index (Phi) is 36.6. The topological polar surface area (TPSA) is 69.7 Å². The van der Waals surface area contributed by atoms with E-state index >= 15 is 0 Å². The highest BCUT2D eigenvalue weighted by Gasteiger charge is 2.45. The molecule has 604 valence electrons. The fourth-order valence-electron chi connectivity index (χ4n) is 8.27. The zero-order valence-corrected chi connectivity index (χ0v) is 62.1. The minimum atomic E-state index is -4.88. The van der Waals surface area contributed by atoms with E-state index in [-0.39, 0.29) is 52.0 Å². The molecule has 0 atom stereocenters. The van der Waals surface area contributed by atoms with Crippen LogP contribution in [-0.2, 0) is 43.2 Å². The molecule has 0 bridgehead atoms. The fourth-order valence-corrected chi connectivity index (χ4v) is 9.43. The molecule has 0 saturated heterocycles. The maximum Gasteiger partial charge on any atom is 0.461 e. The van der Waals surface area contributed by atoms with Crippen LogP contribution >= 0.6 is 27.7 Å². The standard InChI is InChI=1S/C12H11F7O.C11H10F6S.C11H10F3N.C10H10BrF3.C10H9F6N.C10H10F4.C10H11N/c1-6(2)7-3-8(11(15,16)17)5-9(4-7)20-12(18,19)10(13)14;1-6(2)7-3-8(10(12,13)14)5-9(4-7)18-11(15,16)17;1-7(2)9-3-8(6-15)4-10(5-9)11(12,13)14;1-6(2)7-3-8(10(12,13)14)5-9(11)4-7;1-5(2)6-3-7(9(11,12)13)17-8(4-6)10(14,15)16;1-6(2)7-3-8(10(12,13)14)5-9(11)4-7;1-8(2)10-5-3-4-9(6-10)7-11/h3-6,10H,1-2H3;3-6H,1-2H3;3-5,7H,1-2H3;3-6H,1-2H3;3-5H,1-2H3;3-6H,1-2H3;3-6,8H,1-2H3. The Hall–Kier alpha value is -7.95. The van der Waals surface area contributed by atoms with Crippen molar-refractivity contribution >= 4 is 27.7 Å². The van der Waals surface area contributed by atoms with Gasteiger partial charge < -0.3 is 4.74 Å². The van der Waals surface area contributed by atoms with E-state index in [1.54, 1.807) is 53.7 Å². The Morgan fingerprint density at radius 2 is 0.670 bits per heavy atom. The zero-order chi connectivity index (χ0) is 85.1. The summed E-state index contributed by atoms with van der Waals surface area (Å²) < 4.78 is 364. The third-order valence-electron chi connectivity index (χ3n) is 14.3. The molecule has 0 saturated carbocycles. The van der Waals surface area contributed by atoms with Gasteiger partial charge in [-0.05, 0) is 207 Å². The number of thioether (sulfide) groups is 1. The van der Waals surface area contributed by atoms with Crippen molar-refractivity contribution in [3.8, 4) is 17.9 Å². The number of aromatic nitrogens is 1. The van der Waals surface area contributed by atoms with Crippen molar-refractivity contribution in [1.82, 2.24) is 4.98 Å². The molecule has 7 aromatic rings. The normalized spacial score (nSPS) is 12.3. The molecule has 0 unspecified atom stereocenters. The summed E-state index contributed by atoms with van der Waals surface area (Å²) in [7, 11) is 0. The number of pyridine rings is 1. The van der Waals surface area contributed by atoms with Crippen molar-refractivity contribution in [2.45, 2.75) is 205 Å². The minimum absolute atomic E-state index is 0.0283. The van der Waals surface area contributed by atoms with Gasteiger partial charge in [0.05, 0.1) is 51.1 Å².